The molecule has 0 radical (unpaired) electrons. The second-order valence-corrected chi connectivity index (χ2v) is 8.84. The van der Waals surface area contributed by atoms with E-state index >= 15 is 0 Å². The Bertz CT molecular complexity index is 1540. The van der Waals surface area contributed by atoms with Gasteiger partial charge in [0.2, 0.25) is 0 Å². The van der Waals surface area contributed by atoms with Crippen LogP contribution in [-0.2, 0) is 9.53 Å². The van der Waals surface area contributed by atoms with Crippen LogP contribution in [-0.4, -0.2) is 38.0 Å². The Hall–Kier alpha value is -3.99. The summed E-state index contributed by atoms with van der Waals surface area (Å²) in [6, 6.07) is 10.3. The number of ether oxygens (including phenoxy) is 4. The normalized spacial score (nSPS) is 15.3. The highest BCUT2D eigenvalue weighted by atomic mass is 32.1. The van der Waals surface area contributed by atoms with Gasteiger partial charge >= 0.3 is 12.6 Å². The number of nitrogens with zero attached hydrogens (tertiary/aromatic N) is 2. The van der Waals surface area contributed by atoms with E-state index in [4.69, 9.17) is 14.2 Å². The van der Waals surface area contributed by atoms with Crippen molar-refractivity contribution < 1.29 is 32.5 Å². The number of aromatic nitrogens is 1. The van der Waals surface area contributed by atoms with E-state index in [0.717, 1.165) is 11.3 Å². The van der Waals surface area contributed by atoms with Crippen molar-refractivity contribution in [2.75, 3.05) is 20.8 Å². The molecule has 0 spiro atoms. The van der Waals surface area contributed by atoms with Crippen LogP contribution in [0.1, 0.15) is 31.0 Å². The summed E-state index contributed by atoms with van der Waals surface area (Å²) in [6.07, 6.45) is 1.47. The van der Waals surface area contributed by atoms with Crippen LogP contribution in [0.5, 0.6) is 17.2 Å². The molecule has 4 rings (SSSR count). The Balaban J connectivity index is 1.98. The van der Waals surface area contributed by atoms with Gasteiger partial charge in [-0.1, -0.05) is 29.5 Å². The fraction of sp³-hybridized carbons (Fsp3) is 0.269. The number of alkyl halides is 2. The van der Waals surface area contributed by atoms with E-state index in [2.05, 4.69) is 9.73 Å². The maximum atomic E-state index is 13.7. The molecule has 2 aromatic carbocycles. The summed E-state index contributed by atoms with van der Waals surface area (Å²) in [5.74, 6) is 0.241. The Morgan fingerprint density at radius 3 is 2.59 bits per heavy atom. The zero-order valence-electron chi connectivity index (χ0n) is 20.5. The topological polar surface area (TPSA) is 88.4 Å². The van der Waals surface area contributed by atoms with E-state index in [-0.39, 0.29) is 22.5 Å². The second-order valence-electron chi connectivity index (χ2n) is 7.83. The largest absolute Gasteiger partial charge is 0.497 e. The maximum absolute atomic E-state index is 13.7. The van der Waals surface area contributed by atoms with Crippen molar-refractivity contribution in [1.82, 2.24) is 4.57 Å². The molecule has 1 aliphatic rings. The maximum Gasteiger partial charge on any atom is 0.387 e. The van der Waals surface area contributed by atoms with Crippen LogP contribution in [0.15, 0.2) is 63.5 Å². The van der Waals surface area contributed by atoms with Gasteiger partial charge in [0.1, 0.15) is 23.3 Å². The number of rotatable bonds is 8. The highest BCUT2D eigenvalue weighted by molar-refractivity contribution is 7.07. The van der Waals surface area contributed by atoms with Gasteiger partial charge in [0.15, 0.2) is 4.80 Å². The van der Waals surface area contributed by atoms with Crippen molar-refractivity contribution in [3.05, 3.63) is 84.5 Å². The van der Waals surface area contributed by atoms with Gasteiger partial charge in [0, 0.05) is 17.2 Å². The Morgan fingerprint density at radius 2 is 1.92 bits per heavy atom. The molecule has 0 saturated heterocycles. The third-order valence-corrected chi connectivity index (χ3v) is 6.66. The monoisotopic (exact) mass is 530 g/mol. The van der Waals surface area contributed by atoms with Crippen LogP contribution in [0.3, 0.4) is 0 Å². The van der Waals surface area contributed by atoms with Crippen molar-refractivity contribution in [3.8, 4) is 17.2 Å². The molecule has 2 heterocycles. The van der Waals surface area contributed by atoms with Crippen molar-refractivity contribution in [3.63, 3.8) is 0 Å². The fourth-order valence-electron chi connectivity index (χ4n) is 4.07. The molecule has 0 unspecified atom stereocenters. The number of hydrogen-bond acceptors (Lipinski definition) is 8. The molecule has 37 heavy (non-hydrogen) atoms. The van der Waals surface area contributed by atoms with Crippen LogP contribution < -0.4 is 29.1 Å². The minimum absolute atomic E-state index is 0.0693. The van der Waals surface area contributed by atoms with E-state index in [1.54, 1.807) is 50.2 Å². The summed E-state index contributed by atoms with van der Waals surface area (Å²) >= 11 is 1.07. The smallest absolute Gasteiger partial charge is 0.387 e. The fourth-order valence-corrected chi connectivity index (χ4v) is 5.11. The third kappa shape index (κ3) is 5.12. The molecule has 0 saturated carbocycles. The minimum atomic E-state index is -3.02. The van der Waals surface area contributed by atoms with Crippen LogP contribution in [0, 0.1) is 0 Å². The van der Waals surface area contributed by atoms with E-state index in [1.165, 1.54) is 30.9 Å². The first kappa shape index (κ1) is 26.1. The molecular weight excluding hydrogens is 506 g/mol. The number of para-hydroxylation sites is 1. The average molecular weight is 531 g/mol. The first-order chi connectivity index (χ1) is 17.8. The molecule has 3 aromatic rings. The summed E-state index contributed by atoms with van der Waals surface area (Å²) in [7, 11) is 2.99. The van der Waals surface area contributed by atoms with Crippen LogP contribution in [0.25, 0.3) is 6.08 Å². The lowest BCUT2D eigenvalue weighted by molar-refractivity contribution is -0.139. The Labute approximate surface area is 214 Å². The second kappa shape index (κ2) is 11.0. The van der Waals surface area contributed by atoms with Crippen molar-refractivity contribution in [2.45, 2.75) is 26.5 Å². The van der Waals surface area contributed by atoms with Crippen molar-refractivity contribution in [2.24, 2.45) is 4.99 Å². The highest BCUT2D eigenvalue weighted by Gasteiger charge is 2.35. The molecule has 1 aliphatic heterocycles. The lowest BCUT2D eigenvalue weighted by atomic mass is 9.95. The number of fused-ring (bicyclic) bond motifs is 1. The zero-order valence-corrected chi connectivity index (χ0v) is 21.3. The average Bonchev–Trinajstić information content (AvgIpc) is 3.18. The first-order valence-electron chi connectivity index (χ1n) is 11.2. The number of carbonyl (C=O) groups is 1. The first-order valence-corrected chi connectivity index (χ1v) is 12.1. The van der Waals surface area contributed by atoms with Gasteiger partial charge in [-0.3, -0.25) is 9.36 Å². The van der Waals surface area contributed by atoms with Gasteiger partial charge in [-0.25, -0.2) is 9.79 Å². The van der Waals surface area contributed by atoms with E-state index in [1.807, 2.05) is 0 Å². The van der Waals surface area contributed by atoms with Gasteiger partial charge in [0.05, 0.1) is 36.6 Å². The zero-order chi connectivity index (χ0) is 26.7. The molecule has 11 heteroatoms. The summed E-state index contributed by atoms with van der Waals surface area (Å²) in [5.41, 5.74) is 0.928. The van der Waals surface area contributed by atoms with Crippen molar-refractivity contribution in [1.29, 1.82) is 0 Å². The van der Waals surface area contributed by atoms with Gasteiger partial charge in [-0.2, -0.15) is 8.78 Å². The molecule has 0 bridgehead atoms. The Kier molecular flexibility index (Phi) is 7.72. The molecule has 0 amide bonds. The van der Waals surface area contributed by atoms with E-state index in [9.17, 15) is 18.4 Å². The summed E-state index contributed by atoms with van der Waals surface area (Å²) < 4.78 is 48.2. The number of carbonyl (C=O) groups excluding carboxylic acids is 1. The molecule has 1 atom stereocenters. The standard InChI is InChI=1S/C26H24F2N2O6S/c1-5-35-24(32)21-14(2)29-26-30(22(21)17-11-10-16(33-3)13-19(17)34-4)23(31)20(37-26)12-15-8-6-7-9-18(15)36-25(27)28/h6-13,22,25H,5H2,1-4H3/b20-12+/t22-/m0/s1. The van der Waals surface area contributed by atoms with Gasteiger partial charge in [-0.15, -0.1) is 0 Å². The van der Waals surface area contributed by atoms with Crippen molar-refractivity contribution >= 4 is 23.4 Å². The summed E-state index contributed by atoms with van der Waals surface area (Å²) in [5, 5.41) is 0. The SMILES string of the molecule is CCOC(=O)C1=C(C)N=c2s/c(=C/c3ccccc3OC(F)F)c(=O)n2[C@H]1c1ccc(OC)cc1OC. The summed E-state index contributed by atoms with van der Waals surface area (Å²) in [6.45, 7) is 0.462. The van der Waals surface area contributed by atoms with E-state index in [0.29, 0.717) is 33.1 Å². The third-order valence-electron chi connectivity index (χ3n) is 5.67. The molecule has 8 nitrogen and oxygen atoms in total. The van der Waals surface area contributed by atoms with Gasteiger partial charge in [0.25, 0.3) is 5.56 Å². The predicted molar refractivity (Wildman–Crippen MR) is 133 cm³/mol. The number of allylic oxidation sites excluding steroid dienone is 1. The number of thiazole rings is 1. The number of esters is 1. The quantitative estimate of drug-likeness (QED) is 0.415. The Morgan fingerprint density at radius 1 is 1.16 bits per heavy atom. The number of benzene rings is 2. The number of halogens is 2. The lowest BCUT2D eigenvalue weighted by Crippen LogP contribution is -2.40. The van der Waals surface area contributed by atoms with Crippen LogP contribution >= 0.6 is 11.3 Å². The molecule has 1 aromatic heterocycles. The molecule has 0 fully saturated rings. The highest BCUT2D eigenvalue weighted by Crippen LogP contribution is 2.37. The number of hydrogen-bond donors (Lipinski definition) is 0. The molecule has 194 valence electrons. The lowest BCUT2D eigenvalue weighted by Gasteiger charge is -2.26. The predicted octanol–water partition coefficient (Wildman–Crippen LogP) is 3.42. The molecular formula is C26H24F2N2O6S. The van der Waals surface area contributed by atoms with Gasteiger partial charge < -0.3 is 18.9 Å². The minimum Gasteiger partial charge on any atom is -0.497 e. The summed E-state index contributed by atoms with van der Waals surface area (Å²) in [4.78, 5) is 31.7. The molecule has 0 aliphatic carbocycles. The van der Waals surface area contributed by atoms with Crippen LogP contribution in [0.2, 0.25) is 0 Å². The van der Waals surface area contributed by atoms with Crippen LogP contribution in [0.4, 0.5) is 8.78 Å². The van der Waals surface area contributed by atoms with Gasteiger partial charge in [-0.05, 0) is 38.1 Å². The number of methoxy groups -OCH3 is 2. The molecule has 0 N–H and O–H groups in total. The van der Waals surface area contributed by atoms with E-state index < -0.39 is 24.2 Å².